The van der Waals surface area contributed by atoms with Crippen molar-refractivity contribution in [3.05, 3.63) is 0 Å². The van der Waals surface area contributed by atoms with E-state index in [0.717, 1.165) is 26.1 Å². The SMILES string of the molecule is CCCS(=O)(=O)NCC1CCN(CC)C1. The van der Waals surface area contributed by atoms with Gasteiger partial charge in [0.25, 0.3) is 0 Å². The van der Waals surface area contributed by atoms with E-state index in [2.05, 4.69) is 16.5 Å². The molecule has 0 radical (unpaired) electrons. The third-order valence-corrected chi connectivity index (χ3v) is 4.43. The molecule has 1 atom stereocenters. The molecule has 0 spiro atoms. The normalized spacial score (nSPS) is 23.5. The Labute approximate surface area is 93.1 Å². The Balaban J connectivity index is 2.26. The molecule has 1 rings (SSSR count). The highest BCUT2D eigenvalue weighted by Crippen LogP contribution is 2.14. The molecule has 1 aliphatic rings. The van der Waals surface area contributed by atoms with Gasteiger partial charge in [0.2, 0.25) is 10.0 Å². The van der Waals surface area contributed by atoms with Gasteiger partial charge in [-0.05, 0) is 31.8 Å². The summed E-state index contributed by atoms with van der Waals surface area (Å²) in [5.74, 6) is 0.744. The Morgan fingerprint density at radius 2 is 2.13 bits per heavy atom. The Morgan fingerprint density at radius 3 is 2.67 bits per heavy atom. The lowest BCUT2D eigenvalue weighted by Gasteiger charge is -2.13. The van der Waals surface area contributed by atoms with Crippen LogP contribution in [0.15, 0.2) is 0 Å². The highest BCUT2D eigenvalue weighted by Gasteiger charge is 2.22. The minimum atomic E-state index is -3.01. The molecule has 0 saturated carbocycles. The molecule has 1 heterocycles. The fourth-order valence-electron chi connectivity index (χ4n) is 1.95. The average molecular weight is 234 g/mol. The van der Waals surface area contributed by atoms with Gasteiger partial charge in [-0.15, -0.1) is 0 Å². The number of hydrogen-bond donors (Lipinski definition) is 1. The molecular formula is C10H22N2O2S. The van der Waals surface area contributed by atoms with Gasteiger partial charge in [0, 0.05) is 13.1 Å². The number of sulfonamides is 1. The molecule has 1 aliphatic heterocycles. The van der Waals surface area contributed by atoms with Crippen LogP contribution in [0.25, 0.3) is 0 Å². The third-order valence-electron chi connectivity index (χ3n) is 2.88. The van der Waals surface area contributed by atoms with Crippen molar-refractivity contribution in [2.45, 2.75) is 26.7 Å². The van der Waals surface area contributed by atoms with Crippen molar-refractivity contribution in [3.8, 4) is 0 Å². The largest absolute Gasteiger partial charge is 0.303 e. The molecular weight excluding hydrogens is 212 g/mol. The molecule has 90 valence electrons. The van der Waals surface area contributed by atoms with Gasteiger partial charge in [-0.2, -0.15) is 0 Å². The van der Waals surface area contributed by atoms with Crippen LogP contribution in [0.4, 0.5) is 0 Å². The lowest BCUT2D eigenvalue weighted by Crippen LogP contribution is -2.32. The maximum absolute atomic E-state index is 11.4. The minimum absolute atomic E-state index is 0.247. The first kappa shape index (κ1) is 12.9. The molecule has 0 aliphatic carbocycles. The number of hydrogen-bond acceptors (Lipinski definition) is 3. The molecule has 1 fully saturated rings. The molecule has 1 saturated heterocycles. The summed E-state index contributed by atoms with van der Waals surface area (Å²) in [4.78, 5) is 2.36. The quantitative estimate of drug-likeness (QED) is 0.734. The van der Waals surface area contributed by atoms with Crippen LogP contribution < -0.4 is 4.72 Å². The minimum Gasteiger partial charge on any atom is -0.303 e. The number of nitrogens with zero attached hydrogens (tertiary/aromatic N) is 1. The van der Waals surface area contributed by atoms with Gasteiger partial charge in [0.15, 0.2) is 0 Å². The Morgan fingerprint density at radius 1 is 1.40 bits per heavy atom. The van der Waals surface area contributed by atoms with Crippen molar-refractivity contribution >= 4 is 10.0 Å². The zero-order valence-corrected chi connectivity index (χ0v) is 10.5. The summed E-state index contributed by atoms with van der Waals surface area (Å²) >= 11 is 0. The summed E-state index contributed by atoms with van der Waals surface area (Å²) in [6.07, 6.45) is 1.80. The number of nitrogens with one attached hydrogen (secondary N) is 1. The van der Waals surface area contributed by atoms with E-state index in [0.29, 0.717) is 18.9 Å². The predicted octanol–water partition coefficient (Wildman–Crippen LogP) is 0.658. The Kier molecular flexibility index (Phi) is 5.02. The number of likely N-dealkylation sites (tertiary alicyclic amines) is 1. The molecule has 0 aromatic carbocycles. The topological polar surface area (TPSA) is 49.4 Å². The monoisotopic (exact) mass is 234 g/mol. The van der Waals surface area contributed by atoms with Gasteiger partial charge in [-0.3, -0.25) is 0 Å². The fourth-order valence-corrected chi connectivity index (χ4v) is 3.12. The molecule has 0 amide bonds. The van der Waals surface area contributed by atoms with Gasteiger partial charge in [-0.25, -0.2) is 13.1 Å². The highest BCUT2D eigenvalue weighted by molar-refractivity contribution is 7.89. The van der Waals surface area contributed by atoms with Crippen molar-refractivity contribution in [1.29, 1.82) is 0 Å². The molecule has 4 nitrogen and oxygen atoms in total. The smallest absolute Gasteiger partial charge is 0.211 e. The highest BCUT2D eigenvalue weighted by atomic mass is 32.2. The van der Waals surface area contributed by atoms with E-state index in [1.807, 2.05) is 6.92 Å². The maximum atomic E-state index is 11.4. The Hall–Kier alpha value is -0.130. The predicted molar refractivity (Wildman–Crippen MR) is 62.3 cm³/mol. The van der Waals surface area contributed by atoms with Crippen LogP contribution in [0.2, 0.25) is 0 Å². The van der Waals surface area contributed by atoms with Crippen molar-refractivity contribution in [2.24, 2.45) is 5.92 Å². The molecule has 1 unspecified atom stereocenters. The van der Waals surface area contributed by atoms with Crippen LogP contribution in [-0.2, 0) is 10.0 Å². The lowest BCUT2D eigenvalue weighted by atomic mass is 10.1. The molecule has 1 N–H and O–H groups in total. The summed E-state index contributed by atoms with van der Waals surface area (Å²) in [6.45, 7) is 7.84. The van der Waals surface area contributed by atoms with Gasteiger partial charge in [0.05, 0.1) is 5.75 Å². The van der Waals surface area contributed by atoms with Crippen LogP contribution in [0.1, 0.15) is 26.7 Å². The van der Waals surface area contributed by atoms with E-state index in [9.17, 15) is 8.42 Å². The zero-order chi connectivity index (χ0) is 11.3. The van der Waals surface area contributed by atoms with E-state index in [1.54, 1.807) is 0 Å². The van der Waals surface area contributed by atoms with Crippen LogP contribution in [-0.4, -0.2) is 45.2 Å². The van der Waals surface area contributed by atoms with Crippen molar-refractivity contribution in [3.63, 3.8) is 0 Å². The second kappa shape index (κ2) is 5.82. The van der Waals surface area contributed by atoms with E-state index in [-0.39, 0.29) is 5.75 Å². The molecule has 0 bridgehead atoms. The molecule has 15 heavy (non-hydrogen) atoms. The standard InChI is InChI=1S/C10H22N2O2S/c1-3-7-15(13,14)11-8-10-5-6-12(4-2)9-10/h10-11H,3-9H2,1-2H3. The average Bonchev–Trinajstić information content (AvgIpc) is 2.62. The van der Waals surface area contributed by atoms with Gasteiger partial charge in [0.1, 0.15) is 0 Å². The summed E-state index contributed by atoms with van der Waals surface area (Å²) in [7, 11) is -3.01. The second-order valence-corrected chi connectivity index (χ2v) is 6.14. The lowest BCUT2D eigenvalue weighted by molar-refractivity contribution is 0.342. The number of rotatable bonds is 6. The van der Waals surface area contributed by atoms with Crippen LogP contribution in [0, 0.1) is 5.92 Å². The van der Waals surface area contributed by atoms with E-state index >= 15 is 0 Å². The summed E-state index contributed by atoms with van der Waals surface area (Å²) < 4.78 is 25.5. The second-order valence-electron chi connectivity index (χ2n) is 4.22. The third kappa shape index (κ3) is 4.49. The van der Waals surface area contributed by atoms with Crippen molar-refractivity contribution < 1.29 is 8.42 Å². The summed E-state index contributed by atoms with van der Waals surface area (Å²) in [5.41, 5.74) is 0. The Bertz CT molecular complexity index is 277. The fraction of sp³-hybridized carbons (Fsp3) is 1.00. The van der Waals surface area contributed by atoms with E-state index < -0.39 is 10.0 Å². The molecule has 0 aromatic heterocycles. The maximum Gasteiger partial charge on any atom is 0.211 e. The zero-order valence-electron chi connectivity index (χ0n) is 9.70. The summed E-state index contributed by atoms with van der Waals surface area (Å²) in [6, 6.07) is 0. The summed E-state index contributed by atoms with van der Waals surface area (Å²) in [5, 5.41) is 0. The van der Waals surface area contributed by atoms with E-state index in [4.69, 9.17) is 0 Å². The van der Waals surface area contributed by atoms with Crippen molar-refractivity contribution in [2.75, 3.05) is 31.9 Å². The van der Waals surface area contributed by atoms with Crippen LogP contribution >= 0.6 is 0 Å². The van der Waals surface area contributed by atoms with Gasteiger partial charge in [-0.1, -0.05) is 13.8 Å². The first-order valence-electron chi connectivity index (χ1n) is 5.77. The van der Waals surface area contributed by atoms with Gasteiger partial charge < -0.3 is 4.90 Å². The van der Waals surface area contributed by atoms with Crippen LogP contribution in [0.3, 0.4) is 0 Å². The van der Waals surface area contributed by atoms with E-state index in [1.165, 1.54) is 0 Å². The first-order valence-corrected chi connectivity index (χ1v) is 7.42. The molecule has 5 heteroatoms. The first-order chi connectivity index (χ1) is 7.07. The van der Waals surface area contributed by atoms with Crippen molar-refractivity contribution in [1.82, 2.24) is 9.62 Å². The van der Waals surface area contributed by atoms with Crippen LogP contribution in [0.5, 0.6) is 0 Å². The molecule has 0 aromatic rings. The van der Waals surface area contributed by atoms with Gasteiger partial charge >= 0.3 is 0 Å².